The molecule has 1 amide bonds. The first-order chi connectivity index (χ1) is 16.3. The van der Waals surface area contributed by atoms with Crippen LogP contribution in [0.1, 0.15) is 12.5 Å². The maximum atomic E-state index is 13.4. The molecule has 0 aliphatic heterocycles. The van der Waals surface area contributed by atoms with Crippen molar-refractivity contribution in [1.29, 1.82) is 0 Å². The summed E-state index contributed by atoms with van der Waals surface area (Å²) in [5.41, 5.74) is 3.32. The Morgan fingerprint density at radius 3 is 2.38 bits per heavy atom. The number of halogens is 1. The summed E-state index contributed by atoms with van der Waals surface area (Å²) < 4.78 is 38.4. The molecule has 0 spiro atoms. The van der Waals surface area contributed by atoms with E-state index >= 15 is 0 Å². The number of hydrogen-bond donors (Lipinski definition) is 1. The summed E-state index contributed by atoms with van der Waals surface area (Å²) in [7, 11) is -2.55. The summed E-state index contributed by atoms with van der Waals surface area (Å²) in [6, 6.07) is 19.3. The van der Waals surface area contributed by atoms with Crippen LogP contribution in [0.5, 0.6) is 11.5 Å². The fourth-order valence-electron chi connectivity index (χ4n) is 3.04. The second kappa shape index (κ2) is 11.5. The lowest BCUT2D eigenvalue weighted by Gasteiger charge is -2.24. The molecule has 0 aliphatic rings. The van der Waals surface area contributed by atoms with Gasteiger partial charge in [-0.1, -0.05) is 23.7 Å². The average Bonchev–Trinajstić information content (AvgIpc) is 2.84. The molecule has 0 aliphatic carbocycles. The smallest absolute Gasteiger partial charge is 0.264 e. The van der Waals surface area contributed by atoms with Gasteiger partial charge in [-0.05, 0) is 67.6 Å². The summed E-state index contributed by atoms with van der Waals surface area (Å²) in [4.78, 5) is 12.7. The van der Waals surface area contributed by atoms with E-state index in [0.717, 1.165) is 4.31 Å². The molecule has 178 valence electrons. The zero-order valence-corrected chi connectivity index (χ0v) is 20.2. The lowest BCUT2D eigenvalue weighted by molar-refractivity contribution is -0.119. The predicted molar refractivity (Wildman–Crippen MR) is 132 cm³/mol. The van der Waals surface area contributed by atoms with Crippen molar-refractivity contribution in [3.8, 4) is 11.5 Å². The number of carbonyl (C=O) groups excluding carboxylic acids is 1. The van der Waals surface area contributed by atoms with Crippen molar-refractivity contribution in [2.75, 3.05) is 24.6 Å². The Bertz CT molecular complexity index is 1250. The van der Waals surface area contributed by atoms with Crippen molar-refractivity contribution in [3.63, 3.8) is 0 Å². The molecule has 0 heterocycles. The zero-order valence-electron chi connectivity index (χ0n) is 18.6. The lowest BCUT2D eigenvalue weighted by atomic mass is 10.2. The molecule has 0 saturated carbocycles. The largest absolute Gasteiger partial charge is 0.496 e. The van der Waals surface area contributed by atoms with Gasteiger partial charge in [0.15, 0.2) is 0 Å². The molecule has 0 atom stereocenters. The van der Waals surface area contributed by atoms with Crippen molar-refractivity contribution >= 4 is 39.4 Å². The highest BCUT2D eigenvalue weighted by atomic mass is 35.5. The zero-order chi connectivity index (χ0) is 24.6. The van der Waals surface area contributed by atoms with Crippen LogP contribution >= 0.6 is 11.6 Å². The minimum absolute atomic E-state index is 0.00360. The van der Waals surface area contributed by atoms with Gasteiger partial charge in [0.1, 0.15) is 18.0 Å². The first kappa shape index (κ1) is 25.1. The minimum Gasteiger partial charge on any atom is -0.496 e. The van der Waals surface area contributed by atoms with E-state index in [1.54, 1.807) is 42.5 Å². The van der Waals surface area contributed by atoms with E-state index < -0.39 is 22.5 Å². The first-order valence-electron chi connectivity index (χ1n) is 10.3. The van der Waals surface area contributed by atoms with Crippen LogP contribution in [-0.2, 0) is 14.8 Å². The summed E-state index contributed by atoms with van der Waals surface area (Å²) in [6.45, 7) is 1.82. The van der Waals surface area contributed by atoms with Gasteiger partial charge in [-0.15, -0.1) is 0 Å². The normalized spacial score (nSPS) is 11.3. The Hall–Kier alpha value is -3.56. The second-order valence-corrected chi connectivity index (χ2v) is 9.23. The molecule has 0 bridgehead atoms. The van der Waals surface area contributed by atoms with Gasteiger partial charge < -0.3 is 9.47 Å². The van der Waals surface area contributed by atoms with Gasteiger partial charge in [-0.2, -0.15) is 5.10 Å². The molecule has 0 saturated heterocycles. The van der Waals surface area contributed by atoms with Crippen LogP contribution in [0.25, 0.3) is 0 Å². The molecule has 0 fully saturated rings. The molecular weight excluding hydrogens is 478 g/mol. The van der Waals surface area contributed by atoms with Gasteiger partial charge in [0.2, 0.25) is 0 Å². The van der Waals surface area contributed by atoms with Crippen LogP contribution in [0.2, 0.25) is 5.02 Å². The van der Waals surface area contributed by atoms with E-state index in [1.165, 1.54) is 37.6 Å². The average molecular weight is 502 g/mol. The van der Waals surface area contributed by atoms with Crippen LogP contribution in [0.15, 0.2) is 82.8 Å². The van der Waals surface area contributed by atoms with Gasteiger partial charge in [-0.3, -0.25) is 9.10 Å². The number of amides is 1. The number of rotatable bonds is 10. The molecule has 3 aromatic carbocycles. The van der Waals surface area contributed by atoms with Crippen molar-refractivity contribution in [3.05, 3.63) is 83.4 Å². The number of hydrazone groups is 1. The molecule has 3 aromatic rings. The molecule has 1 N–H and O–H groups in total. The van der Waals surface area contributed by atoms with E-state index in [-0.39, 0.29) is 4.90 Å². The maximum Gasteiger partial charge on any atom is 0.264 e. The Balaban J connectivity index is 1.85. The van der Waals surface area contributed by atoms with Crippen LogP contribution < -0.4 is 19.2 Å². The number of benzene rings is 3. The van der Waals surface area contributed by atoms with Crippen LogP contribution in [-0.4, -0.2) is 40.8 Å². The third-order valence-electron chi connectivity index (χ3n) is 4.66. The Morgan fingerprint density at radius 2 is 1.74 bits per heavy atom. The fourth-order valence-corrected chi connectivity index (χ4v) is 4.58. The number of anilines is 1. The van der Waals surface area contributed by atoms with E-state index in [4.69, 9.17) is 21.1 Å². The molecule has 3 rings (SSSR count). The van der Waals surface area contributed by atoms with E-state index in [9.17, 15) is 13.2 Å². The molecular formula is C24H24ClN3O5S. The van der Waals surface area contributed by atoms with E-state index in [1.807, 2.05) is 13.0 Å². The topological polar surface area (TPSA) is 97.3 Å². The van der Waals surface area contributed by atoms with Crippen LogP contribution in [0.4, 0.5) is 5.69 Å². The first-order valence-corrected chi connectivity index (χ1v) is 12.1. The predicted octanol–water partition coefficient (Wildman–Crippen LogP) is 4.09. The summed E-state index contributed by atoms with van der Waals surface area (Å²) in [5.74, 6) is 0.542. The highest BCUT2D eigenvalue weighted by Crippen LogP contribution is 2.26. The lowest BCUT2D eigenvalue weighted by Crippen LogP contribution is -2.39. The fraction of sp³-hybridized carbons (Fsp3) is 0.167. The monoisotopic (exact) mass is 501 g/mol. The molecule has 0 unspecified atom stereocenters. The summed E-state index contributed by atoms with van der Waals surface area (Å²) >= 11 is 5.91. The highest BCUT2D eigenvalue weighted by molar-refractivity contribution is 7.92. The third-order valence-corrected chi connectivity index (χ3v) is 6.70. The van der Waals surface area contributed by atoms with Crippen molar-refractivity contribution in [2.24, 2.45) is 5.10 Å². The third kappa shape index (κ3) is 6.27. The van der Waals surface area contributed by atoms with Crippen LogP contribution in [0.3, 0.4) is 0 Å². The number of nitrogens with one attached hydrogen (secondary N) is 1. The Kier molecular flexibility index (Phi) is 8.50. The highest BCUT2D eigenvalue weighted by Gasteiger charge is 2.27. The molecule has 10 heteroatoms. The SMILES string of the molecule is CCOc1ccc(N(CC(=O)N/N=C\c2ccccc2OC)S(=O)(=O)c2ccc(Cl)cc2)cc1. The number of ether oxygens (including phenoxy) is 2. The Labute approximate surface area is 203 Å². The summed E-state index contributed by atoms with van der Waals surface area (Å²) in [5, 5.41) is 4.34. The number of methoxy groups -OCH3 is 1. The summed E-state index contributed by atoms with van der Waals surface area (Å²) in [6.07, 6.45) is 1.42. The van der Waals surface area contributed by atoms with Gasteiger partial charge >= 0.3 is 0 Å². The number of hydrogen-bond acceptors (Lipinski definition) is 6. The standard InChI is InChI=1S/C24H24ClN3O5S/c1-3-33-21-12-10-20(11-13-21)28(34(30,31)22-14-8-19(25)9-15-22)17-24(29)27-26-16-18-6-4-5-7-23(18)32-2/h4-16H,3,17H2,1-2H3,(H,27,29)/b26-16-. The second-order valence-electron chi connectivity index (χ2n) is 6.93. The number of para-hydroxylation sites is 1. The molecule has 34 heavy (non-hydrogen) atoms. The van der Waals surface area contributed by atoms with Gasteiger partial charge in [0.25, 0.3) is 15.9 Å². The van der Waals surface area contributed by atoms with Crippen molar-refractivity contribution in [1.82, 2.24) is 5.43 Å². The number of nitrogens with zero attached hydrogens (tertiary/aromatic N) is 2. The molecule has 0 aromatic heterocycles. The van der Waals surface area contributed by atoms with Gasteiger partial charge in [0.05, 0.1) is 30.5 Å². The minimum atomic E-state index is -4.08. The van der Waals surface area contributed by atoms with Gasteiger partial charge in [0, 0.05) is 10.6 Å². The Morgan fingerprint density at radius 1 is 1.06 bits per heavy atom. The number of sulfonamides is 1. The number of carbonyl (C=O) groups is 1. The molecule has 8 nitrogen and oxygen atoms in total. The maximum absolute atomic E-state index is 13.4. The van der Waals surface area contributed by atoms with E-state index in [2.05, 4.69) is 10.5 Å². The molecule has 0 radical (unpaired) electrons. The van der Waals surface area contributed by atoms with Crippen molar-refractivity contribution in [2.45, 2.75) is 11.8 Å². The van der Waals surface area contributed by atoms with Crippen molar-refractivity contribution < 1.29 is 22.7 Å². The van der Waals surface area contributed by atoms with Crippen LogP contribution in [0, 0.1) is 0 Å². The quantitative estimate of drug-likeness (QED) is 0.333. The van der Waals surface area contributed by atoms with E-state index in [0.29, 0.717) is 34.4 Å². The van der Waals surface area contributed by atoms with Gasteiger partial charge in [-0.25, -0.2) is 13.8 Å².